The highest BCUT2D eigenvalue weighted by Gasteiger charge is 2.41. The molecule has 2 aromatic carbocycles. The predicted molar refractivity (Wildman–Crippen MR) is 263 cm³/mol. The minimum Gasteiger partial charge on any atom is -0.495 e. The number of aryl methyl sites for hydroxylation is 2. The summed E-state index contributed by atoms with van der Waals surface area (Å²) in [4.78, 5) is 62.4. The second-order valence-corrected chi connectivity index (χ2v) is 19.1. The fraction of sp³-hybridized carbons (Fsp3) is 0.396. The molecule has 0 aliphatic carbocycles. The molecular formula is C53H53F7N10O5. The summed E-state index contributed by atoms with van der Waals surface area (Å²) >= 11 is 0. The van der Waals surface area contributed by atoms with Gasteiger partial charge in [-0.25, -0.2) is 14.4 Å². The average Bonchev–Trinajstić information content (AvgIpc) is 3.89. The smallest absolute Gasteiger partial charge is 0.419 e. The molecule has 22 heteroatoms. The summed E-state index contributed by atoms with van der Waals surface area (Å²) in [6, 6.07) is 10.5. The molecule has 15 nitrogen and oxygen atoms in total. The fourth-order valence-corrected chi connectivity index (χ4v) is 9.78. The minimum atomic E-state index is -4.82. The number of ether oxygens (including phenoxy) is 1. The number of hydrogen-bond donors (Lipinski definition) is 2. The van der Waals surface area contributed by atoms with Gasteiger partial charge < -0.3 is 34.3 Å². The van der Waals surface area contributed by atoms with Crippen molar-refractivity contribution in [2.24, 2.45) is 25.9 Å². The summed E-state index contributed by atoms with van der Waals surface area (Å²) in [5.41, 5.74) is -2.25. The second kappa shape index (κ2) is 21.8. The maximum Gasteiger partial charge on any atom is 0.419 e. The topological polar surface area (TPSA) is 191 Å². The third-order valence-electron chi connectivity index (χ3n) is 13.5. The van der Waals surface area contributed by atoms with Crippen molar-refractivity contribution in [3.05, 3.63) is 112 Å². The van der Waals surface area contributed by atoms with Crippen LogP contribution in [0.25, 0.3) is 22.1 Å². The molecule has 75 heavy (non-hydrogen) atoms. The van der Waals surface area contributed by atoms with Gasteiger partial charge in [0.1, 0.15) is 35.0 Å². The summed E-state index contributed by atoms with van der Waals surface area (Å²) < 4.78 is 109. The van der Waals surface area contributed by atoms with Crippen LogP contribution in [-0.2, 0) is 36.0 Å². The monoisotopic (exact) mass is 1040 g/mol. The highest BCUT2D eigenvalue weighted by Crippen LogP contribution is 2.46. The van der Waals surface area contributed by atoms with Gasteiger partial charge in [0, 0.05) is 86.4 Å². The molecule has 2 fully saturated rings. The van der Waals surface area contributed by atoms with E-state index in [-0.39, 0.29) is 80.0 Å². The number of halogens is 7. The number of nitriles is 2. The van der Waals surface area contributed by atoms with Crippen molar-refractivity contribution in [1.29, 1.82) is 10.5 Å². The van der Waals surface area contributed by atoms with Crippen LogP contribution in [0.5, 0.6) is 5.75 Å². The molecule has 0 atom stereocenters. The lowest BCUT2D eigenvalue weighted by Gasteiger charge is -2.33. The van der Waals surface area contributed by atoms with Crippen molar-refractivity contribution in [3.8, 4) is 17.9 Å². The van der Waals surface area contributed by atoms with Crippen LogP contribution in [0.2, 0.25) is 0 Å². The molecule has 4 aromatic heterocycles. The van der Waals surface area contributed by atoms with Gasteiger partial charge in [0.05, 0.1) is 53.1 Å². The third kappa shape index (κ3) is 11.4. The number of carbonyl (C=O) groups excluding carboxylic acids is 4. The van der Waals surface area contributed by atoms with Gasteiger partial charge in [-0.05, 0) is 85.0 Å². The number of nitrogens with zero attached hydrogens (tertiary/aromatic N) is 8. The van der Waals surface area contributed by atoms with Gasteiger partial charge in [0.2, 0.25) is 11.8 Å². The maximum atomic E-state index is 14.6. The lowest BCUT2D eigenvalue weighted by molar-refractivity contribution is -0.136. The van der Waals surface area contributed by atoms with Gasteiger partial charge in [-0.3, -0.25) is 19.2 Å². The number of piperidine rings is 2. The summed E-state index contributed by atoms with van der Waals surface area (Å²) in [5, 5.41) is 22.8. The zero-order chi connectivity index (χ0) is 54.8. The summed E-state index contributed by atoms with van der Waals surface area (Å²) in [6.07, 6.45) is -2.33. The Morgan fingerprint density at radius 3 is 1.40 bits per heavy atom. The van der Waals surface area contributed by atoms with Crippen molar-refractivity contribution >= 4 is 57.1 Å². The summed E-state index contributed by atoms with van der Waals surface area (Å²) in [7, 11) is 4.61. The molecule has 2 aliphatic rings. The number of benzene rings is 2. The van der Waals surface area contributed by atoms with E-state index in [4.69, 9.17) is 10.00 Å². The van der Waals surface area contributed by atoms with E-state index in [1.165, 1.54) is 29.9 Å². The molecule has 0 unspecified atom stereocenters. The molecule has 6 aromatic rings. The van der Waals surface area contributed by atoms with Gasteiger partial charge in [-0.15, -0.1) is 0 Å². The van der Waals surface area contributed by atoms with Gasteiger partial charge >= 0.3 is 12.4 Å². The number of methoxy groups -OCH3 is 1. The molecular weight excluding hydrogens is 990 g/mol. The number of pyridine rings is 2. The van der Waals surface area contributed by atoms with Crippen LogP contribution in [-0.4, -0.2) is 85.8 Å². The van der Waals surface area contributed by atoms with Crippen molar-refractivity contribution in [3.63, 3.8) is 0 Å². The van der Waals surface area contributed by atoms with E-state index in [1.807, 2.05) is 33.8 Å². The van der Waals surface area contributed by atoms with Crippen molar-refractivity contribution < 1.29 is 54.6 Å². The number of likely N-dealkylation sites (tertiary alicyclic amines) is 2. The minimum absolute atomic E-state index is 0.00560. The van der Waals surface area contributed by atoms with E-state index in [1.54, 1.807) is 46.9 Å². The molecule has 0 radical (unpaired) electrons. The van der Waals surface area contributed by atoms with Crippen LogP contribution in [0.1, 0.15) is 119 Å². The number of carbonyl (C=O) groups is 4. The van der Waals surface area contributed by atoms with Crippen LogP contribution in [0.15, 0.2) is 61.2 Å². The molecule has 0 saturated carbocycles. The second-order valence-electron chi connectivity index (χ2n) is 19.1. The Morgan fingerprint density at radius 1 is 0.653 bits per heavy atom. The number of fused-ring (bicyclic) bond motifs is 2. The maximum absolute atomic E-state index is 14.6. The number of hydrogen-bond acceptors (Lipinski definition) is 9. The third-order valence-corrected chi connectivity index (χ3v) is 13.5. The molecule has 2 aliphatic heterocycles. The van der Waals surface area contributed by atoms with Gasteiger partial charge in [-0.2, -0.15) is 36.9 Å². The largest absolute Gasteiger partial charge is 0.495 e. The number of alkyl halides is 6. The Hall–Kier alpha value is -8.01. The average molecular weight is 1040 g/mol. The lowest BCUT2D eigenvalue weighted by Crippen LogP contribution is -2.40. The highest BCUT2D eigenvalue weighted by molar-refractivity contribution is 6.07. The van der Waals surface area contributed by atoms with Gasteiger partial charge in [0.25, 0.3) is 11.8 Å². The standard InChI is InChI=1S/C27H28F3N5O3.C26H25F4N5O2/c1-15(2)26(37)35-9-7-16(8-10-35)19-14-34(3)24-22(19)23(27(28,29)30)20(13-32-24)33-25(36)17-5-6-21(38-4)18(11-17)12-31;1-14(2)25(37)35-8-6-15(7-9-35)18-13-34(3)23-21(18)22(26(28,29)30)20(12-32-23)33-24(36)16-4-5-19(27)17(10-16)11-31/h5-6,11,13-16H,7-10H2,1-4H3,(H,33,36);4-5,10,12-15H,6-9H2,1-3H3,(H,33,36). The molecule has 4 amide bonds. The van der Waals surface area contributed by atoms with Gasteiger partial charge in [0.15, 0.2) is 0 Å². The van der Waals surface area contributed by atoms with E-state index in [2.05, 4.69) is 20.6 Å². The number of nitrogens with one attached hydrogen (secondary N) is 2. The number of amides is 4. The van der Waals surface area contributed by atoms with Gasteiger partial charge in [-0.1, -0.05) is 27.7 Å². The van der Waals surface area contributed by atoms with Crippen molar-refractivity contribution in [2.45, 2.75) is 77.6 Å². The Balaban J connectivity index is 0.000000219. The first-order valence-corrected chi connectivity index (χ1v) is 24.0. The zero-order valence-electron chi connectivity index (χ0n) is 42.0. The first-order chi connectivity index (χ1) is 35.4. The first-order valence-electron chi connectivity index (χ1n) is 24.0. The molecule has 394 valence electrons. The molecule has 0 spiro atoms. The number of aromatic nitrogens is 4. The van der Waals surface area contributed by atoms with Crippen LogP contribution in [0.3, 0.4) is 0 Å². The van der Waals surface area contributed by atoms with E-state index < -0.39 is 58.0 Å². The SMILES string of the molecule is CC(C)C(=O)N1CCC(c2cn(C)c3ncc(NC(=O)c4ccc(F)c(C#N)c4)c(C(F)(F)F)c23)CC1.COc1ccc(C(=O)Nc2cnc3c(c(C4CCN(C(=O)C(C)C)CC4)cn3C)c2C(F)(F)F)cc1C#N. The van der Waals surface area contributed by atoms with Crippen LogP contribution in [0.4, 0.5) is 42.1 Å². The molecule has 0 bridgehead atoms. The number of rotatable bonds is 9. The van der Waals surface area contributed by atoms with E-state index >= 15 is 0 Å². The van der Waals surface area contributed by atoms with Crippen molar-refractivity contribution in [2.75, 3.05) is 43.9 Å². The summed E-state index contributed by atoms with van der Waals surface area (Å²) in [6.45, 7) is 9.06. The van der Waals surface area contributed by atoms with Crippen molar-refractivity contribution in [1.82, 2.24) is 28.9 Å². The molecule has 6 heterocycles. The molecule has 2 saturated heterocycles. The number of anilines is 2. The Labute approximate surface area is 426 Å². The van der Waals surface area contributed by atoms with E-state index in [0.29, 0.717) is 63.0 Å². The fourth-order valence-electron chi connectivity index (χ4n) is 9.78. The van der Waals surface area contributed by atoms with E-state index in [0.717, 1.165) is 30.6 Å². The molecule has 2 N–H and O–H groups in total. The first kappa shape index (κ1) is 54.8. The normalized spacial score (nSPS) is 14.6. The van der Waals surface area contributed by atoms with E-state index in [9.17, 15) is 55.2 Å². The van der Waals surface area contributed by atoms with Crippen LogP contribution >= 0.6 is 0 Å². The van der Waals surface area contributed by atoms with Crippen LogP contribution < -0.4 is 15.4 Å². The zero-order valence-corrected chi connectivity index (χ0v) is 42.0. The quantitative estimate of drug-likeness (QED) is 0.133. The Kier molecular flexibility index (Phi) is 15.9. The highest BCUT2D eigenvalue weighted by atomic mass is 19.4. The lowest BCUT2D eigenvalue weighted by atomic mass is 9.87. The molecule has 8 rings (SSSR count). The predicted octanol–water partition coefficient (Wildman–Crippen LogP) is 10.3. The Morgan fingerprint density at radius 2 is 1.04 bits per heavy atom. The summed E-state index contributed by atoms with van der Waals surface area (Å²) in [5.74, 6) is -3.03. The Bertz CT molecular complexity index is 3280. The van der Waals surface area contributed by atoms with Crippen LogP contribution in [0, 0.1) is 40.3 Å².